The van der Waals surface area contributed by atoms with E-state index in [2.05, 4.69) is 15.9 Å². The molecule has 0 saturated carbocycles. The van der Waals surface area contributed by atoms with Crippen molar-refractivity contribution in [2.45, 2.75) is 19.4 Å². The Labute approximate surface area is 102 Å². The molecule has 5 heteroatoms. The van der Waals surface area contributed by atoms with Crippen LogP contribution in [0.15, 0.2) is 22.7 Å². The number of carbonyl (C=O) groups is 1. The van der Waals surface area contributed by atoms with E-state index in [9.17, 15) is 4.79 Å². The fraction of sp³-hybridized carbons (Fsp3) is 0.300. The van der Waals surface area contributed by atoms with E-state index in [1.165, 1.54) is 0 Å². The maximum Gasteiger partial charge on any atom is 0.261 e. The van der Waals surface area contributed by atoms with Gasteiger partial charge in [0, 0.05) is 5.02 Å². The lowest BCUT2D eigenvalue weighted by Crippen LogP contribution is -2.43. The number of nitrogens with two attached hydrogens (primary N) is 1. The lowest BCUT2D eigenvalue weighted by molar-refractivity contribution is -0.130. The van der Waals surface area contributed by atoms with Crippen molar-refractivity contribution in [3.05, 3.63) is 27.7 Å². The molecule has 0 saturated heterocycles. The Hall–Kier alpha value is -0.740. The second kappa shape index (κ2) is 4.41. The molecule has 0 bridgehead atoms. The summed E-state index contributed by atoms with van der Waals surface area (Å²) >= 11 is 9.06. The largest absolute Gasteiger partial charge is 0.477 e. The maximum atomic E-state index is 11.1. The molecule has 0 aliphatic heterocycles. The number of carbonyl (C=O) groups excluding carboxylic acids is 1. The van der Waals surface area contributed by atoms with Gasteiger partial charge in [0.15, 0.2) is 5.60 Å². The topological polar surface area (TPSA) is 52.3 Å². The summed E-state index contributed by atoms with van der Waals surface area (Å²) in [7, 11) is 0. The summed E-state index contributed by atoms with van der Waals surface area (Å²) in [6.07, 6.45) is 0. The minimum absolute atomic E-state index is 0.524. The van der Waals surface area contributed by atoms with Crippen LogP contribution in [0.4, 0.5) is 0 Å². The zero-order chi connectivity index (χ0) is 11.6. The summed E-state index contributed by atoms with van der Waals surface area (Å²) in [5.41, 5.74) is 4.15. The molecule has 0 aliphatic rings. The quantitative estimate of drug-likeness (QED) is 0.931. The summed E-state index contributed by atoms with van der Waals surface area (Å²) in [4.78, 5) is 11.1. The van der Waals surface area contributed by atoms with Gasteiger partial charge in [-0.1, -0.05) is 11.6 Å². The molecule has 0 unspecified atom stereocenters. The highest BCUT2D eigenvalue weighted by Crippen LogP contribution is 2.30. The molecular weight excluding hydrogens is 281 g/mol. The van der Waals surface area contributed by atoms with Crippen LogP contribution in [0.3, 0.4) is 0 Å². The van der Waals surface area contributed by atoms with Crippen LogP contribution in [0.2, 0.25) is 5.02 Å². The first-order valence-corrected chi connectivity index (χ1v) is 5.44. The van der Waals surface area contributed by atoms with Gasteiger partial charge in [0.2, 0.25) is 0 Å². The average Bonchev–Trinajstić information content (AvgIpc) is 2.09. The summed E-state index contributed by atoms with van der Waals surface area (Å²) in [6.45, 7) is 3.22. The molecule has 82 valence electrons. The molecule has 1 aromatic carbocycles. The minimum Gasteiger partial charge on any atom is -0.477 e. The highest BCUT2D eigenvalue weighted by molar-refractivity contribution is 9.10. The first-order valence-electron chi connectivity index (χ1n) is 4.27. The van der Waals surface area contributed by atoms with E-state index in [0.29, 0.717) is 15.2 Å². The Morgan fingerprint density at radius 2 is 2.13 bits per heavy atom. The van der Waals surface area contributed by atoms with E-state index in [1.54, 1.807) is 32.0 Å². The number of hydrogen-bond donors (Lipinski definition) is 1. The number of amides is 1. The fourth-order valence-corrected chi connectivity index (χ4v) is 1.65. The Morgan fingerprint density at radius 1 is 1.53 bits per heavy atom. The molecule has 0 atom stereocenters. The van der Waals surface area contributed by atoms with Gasteiger partial charge in [-0.15, -0.1) is 0 Å². The smallest absolute Gasteiger partial charge is 0.261 e. The van der Waals surface area contributed by atoms with Crippen molar-refractivity contribution in [2.75, 3.05) is 0 Å². The number of primary amides is 1. The second-order valence-corrected chi connectivity index (χ2v) is 4.84. The number of benzene rings is 1. The molecule has 1 aromatic rings. The molecule has 15 heavy (non-hydrogen) atoms. The van der Waals surface area contributed by atoms with Gasteiger partial charge in [-0.25, -0.2) is 0 Å². The van der Waals surface area contributed by atoms with Gasteiger partial charge in [-0.2, -0.15) is 0 Å². The molecule has 1 rings (SSSR count). The SMILES string of the molecule is CC(C)(Oc1ccc(Cl)cc1Br)C(N)=O. The van der Waals surface area contributed by atoms with E-state index in [4.69, 9.17) is 22.1 Å². The van der Waals surface area contributed by atoms with Crippen molar-refractivity contribution in [3.63, 3.8) is 0 Å². The van der Waals surface area contributed by atoms with E-state index in [-0.39, 0.29) is 0 Å². The molecule has 0 radical (unpaired) electrons. The first-order chi connectivity index (χ1) is 6.83. The van der Waals surface area contributed by atoms with Crippen molar-refractivity contribution in [1.82, 2.24) is 0 Å². The minimum atomic E-state index is -1.05. The highest BCUT2D eigenvalue weighted by atomic mass is 79.9. The van der Waals surface area contributed by atoms with E-state index in [1.807, 2.05) is 0 Å². The Kier molecular flexibility index (Phi) is 3.62. The van der Waals surface area contributed by atoms with Gasteiger partial charge in [0.25, 0.3) is 5.91 Å². The normalized spacial score (nSPS) is 11.2. The predicted octanol–water partition coefficient (Wildman–Crippen LogP) is 2.75. The summed E-state index contributed by atoms with van der Waals surface area (Å²) in [5, 5.41) is 0.589. The van der Waals surface area contributed by atoms with Crippen molar-refractivity contribution >= 4 is 33.4 Å². The number of halogens is 2. The van der Waals surface area contributed by atoms with Gasteiger partial charge in [0.05, 0.1) is 4.47 Å². The molecule has 1 amide bonds. The van der Waals surface area contributed by atoms with Crippen molar-refractivity contribution in [3.8, 4) is 5.75 Å². The highest BCUT2D eigenvalue weighted by Gasteiger charge is 2.27. The predicted molar refractivity (Wildman–Crippen MR) is 63.1 cm³/mol. The summed E-state index contributed by atoms with van der Waals surface area (Å²) < 4.78 is 6.15. The number of rotatable bonds is 3. The van der Waals surface area contributed by atoms with Gasteiger partial charge >= 0.3 is 0 Å². The van der Waals surface area contributed by atoms with E-state index in [0.717, 1.165) is 0 Å². The molecule has 0 heterocycles. The van der Waals surface area contributed by atoms with Crippen LogP contribution < -0.4 is 10.5 Å². The fourth-order valence-electron chi connectivity index (χ4n) is 0.883. The average molecular weight is 293 g/mol. The molecule has 0 aliphatic carbocycles. The molecule has 0 fully saturated rings. The van der Waals surface area contributed by atoms with Crippen molar-refractivity contribution in [1.29, 1.82) is 0 Å². The molecule has 0 aromatic heterocycles. The van der Waals surface area contributed by atoms with Gasteiger partial charge in [0.1, 0.15) is 5.75 Å². The zero-order valence-corrected chi connectivity index (χ0v) is 10.7. The van der Waals surface area contributed by atoms with Crippen LogP contribution in [0.25, 0.3) is 0 Å². The third kappa shape index (κ3) is 3.11. The Balaban J connectivity index is 2.95. The van der Waals surface area contributed by atoms with Crippen LogP contribution in [0, 0.1) is 0 Å². The maximum absolute atomic E-state index is 11.1. The summed E-state index contributed by atoms with van der Waals surface area (Å²) in [5.74, 6) is 0.00699. The van der Waals surface area contributed by atoms with Crippen LogP contribution in [0.1, 0.15) is 13.8 Å². The van der Waals surface area contributed by atoms with Crippen LogP contribution >= 0.6 is 27.5 Å². The van der Waals surface area contributed by atoms with Gasteiger partial charge in [-0.05, 0) is 48.0 Å². The van der Waals surface area contributed by atoms with E-state index >= 15 is 0 Å². The van der Waals surface area contributed by atoms with Crippen LogP contribution in [-0.2, 0) is 4.79 Å². The zero-order valence-electron chi connectivity index (χ0n) is 8.38. The van der Waals surface area contributed by atoms with Crippen LogP contribution in [0.5, 0.6) is 5.75 Å². The number of hydrogen-bond acceptors (Lipinski definition) is 2. The third-order valence-corrected chi connectivity index (χ3v) is 2.71. The number of ether oxygens (including phenoxy) is 1. The Bertz CT molecular complexity index is 393. The second-order valence-electron chi connectivity index (χ2n) is 3.55. The molecular formula is C10H11BrClNO2. The summed E-state index contributed by atoms with van der Waals surface area (Å²) in [6, 6.07) is 5.05. The Morgan fingerprint density at radius 3 is 2.60 bits per heavy atom. The van der Waals surface area contributed by atoms with Crippen molar-refractivity contribution in [2.24, 2.45) is 5.73 Å². The molecule has 3 nitrogen and oxygen atoms in total. The standard InChI is InChI=1S/C10H11BrClNO2/c1-10(2,9(13)14)15-8-4-3-6(12)5-7(8)11/h3-5H,1-2H3,(H2,13,14). The van der Waals surface area contributed by atoms with Crippen LogP contribution in [-0.4, -0.2) is 11.5 Å². The lowest BCUT2D eigenvalue weighted by Gasteiger charge is -2.23. The van der Waals surface area contributed by atoms with Crippen molar-refractivity contribution < 1.29 is 9.53 Å². The monoisotopic (exact) mass is 291 g/mol. The molecule has 0 spiro atoms. The lowest BCUT2D eigenvalue weighted by atomic mass is 10.1. The van der Waals surface area contributed by atoms with E-state index < -0.39 is 11.5 Å². The van der Waals surface area contributed by atoms with Gasteiger partial charge < -0.3 is 10.5 Å². The van der Waals surface area contributed by atoms with Gasteiger partial charge in [-0.3, -0.25) is 4.79 Å². The third-order valence-electron chi connectivity index (χ3n) is 1.85. The first kappa shape index (κ1) is 12.3. The molecule has 2 N–H and O–H groups in total.